The predicted molar refractivity (Wildman–Crippen MR) is 130 cm³/mol. The van der Waals surface area contributed by atoms with Crippen molar-refractivity contribution in [3.8, 4) is 17.6 Å². The van der Waals surface area contributed by atoms with Gasteiger partial charge in [0.2, 0.25) is 0 Å². The molecule has 1 N–H and O–H groups in total. The maximum Gasteiger partial charge on any atom is 0.303 e. The number of aliphatic carboxylic acids is 1. The SMILES string of the molecule is COc1ccc2nccc(C(F)CC[C@@H]3CCN(CC#Cc4cnco4)C[C@@H]3CCC(=O)O)c2c1. The average Bonchev–Trinajstić information content (AvgIpc) is 3.39. The summed E-state index contributed by atoms with van der Waals surface area (Å²) in [4.78, 5) is 21.7. The molecule has 0 radical (unpaired) electrons. The van der Waals surface area contributed by atoms with Gasteiger partial charge in [-0.3, -0.25) is 14.7 Å². The summed E-state index contributed by atoms with van der Waals surface area (Å²) in [6.07, 6.45) is 6.12. The van der Waals surface area contributed by atoms with Crippen LogP contribution in [0.25, 0.3) is 10.9 Å². The molecule has 3 heterocycles. The van der Waals surface area contributed by atoms with Gasteiger partial charge in [-0.15, -0.1) is 0 Å². The van der Waals surface area contributed by atoms with Crippen molar-refractivity contribution in [3.63, 3.8) is 0 Å². The Morgan fingerprint density at radius 1 is 1.34 bits per heavy atom. The van der Waals surface area contributed by atoms with Crippen molar-refractivity contribution in [2.75, 3.05) is 26.7 Å². The molecule has 1 fully saturated rings. The van der Waals surface area contributed by atoms with E-state index in [0.29, 0.717) is 42.9 Å². The van der Waals surface area contributed by atoms with Crippen LogP contribution >= 0.6 is 0 Å². The lowest BCUT2D eigenvalue weighted by atomic mass is 9.79. The van der Waals surface area contributed by atoms with Crippen LogP contribution in [0.5, 0.6) is 5.75 Å². The Labute approximate surface area is 204 Å². The van der Waals surface area contributed by atoms with Gasteiger partial charge >= 0.3 is 5.97 Å². The van der Waals surface area contributed by atoms with Gasteiger partial charge in [-0.05, 0) is 79.8 Å². The van der Waals surface area contributed by atoms with E-state index in [0.717, 1.165) is 30.4 Å². The molecule has 3 aromatic rings. The van der Waals surface area contributed by atoms with Crippen LogP contribution in [0.15, 0.2) is 47.5 Å². The zero-order valence-corrected chi connectivity index (χ0v) is 19.8. The number of rotatable bonds is 9. The third kappa shape index (κ3) is 6.58. The molecule has 0 amide bonds. The third-order valence-electron chi connectivity index (χ3n) is 6.76. The maximum absolute atomic E-state index is 15.5. The molecule has 1 aliphatic heterocycles. The van der Waals surface area contributed by atoms with Gasteiger partial charge in [0.25, 0.3) is 0 Å². The quantitative estimate of drug-likeness (QED) is 0.438. The fourth-order valence-electron chi connectivity index (χ4n) is 4.89. The fourth-order valence-corrected chi connectivity index (χ4v) is 4.89. The predicted octanol–water partition coefficient (Wildman–Crippen LogP) is 4.88. The number of hydrogen-bond donors (Lipinski definition) is 1. The summed E-state index contributed by atoms with van der Waals surface area (Å²) >= 11 is 0. The molecule has 2 aromatic heterocycles. The lowest BCUT2D eigenvalue weighted by Gasteiger charge is -2.38. The van der Waals surface area contributed by atoms with Crippen molar-refractivity contribution < 1.29 is 23.4 Å². The number of aromatic nitrogens is 2. The summed E-state index contributed by atoms with van der Waals surface area (Å²) in [6, 6.07) is 7.23. The number of pyridine rings is 1. The Morgan fingerprint density at radius 2 is 2.23 bits per heavy atom. The van der Waals surface area contributed by atoms with Crippen LogP contribution in [0.4, 0.5) is 4.39 Å². The van der Waals surface area contributed by atoms with E-state index in [1.54, 1.807) is 25.6 Å². The van der Waals surface area contributed by atoms with Gasteiger partial charge in [0.05, 0.1) is 25.4 Å². The third-order valence-corrected chi connectivity index (χ3v) is 6.76. The number of likely N-dealkylation sites (tertiary alicyclic amines) is 1. The number of hydrogen-bond acceptors (Lipinski definition) is 6. The van der Waals surface area contributed by atoms with Crippen molar-refractivity contribution in [3.05, 3.63) is 54.4 Å². The molecule has 0 saturated carbocycles. The van der Waals surface area contributed by atoms with Gasteiger partial charge in [0.1, 0.15) is 11.9 Å². The van der Waals surface area contributed by atoms with Crippen LogP contribution in [0, 0.1) is 23.7 Å². The zero-order chi connectivity index (χ0) is 24.6. The van der Waals surface area contributed by atoms with Gasteiger partial charge in [-0.1, -0.05) is 5.92 Å². The van der Waals surface area contributed by atoms with Gasteiger partial charge in [-0.25, -0.2) is 9.37 Å². The first kappa shape index (κ1) is 24.7. The molecule has 1 unspecified atom stereocenters. The molecule has 1 aromatic carbocycles. The largest absolute Gasteiger partial charge is 0.497 e. The van der Waals surface area contributed by atoms with Crippen molar-refractivity contribution >= 4 is 16.9 Å². The Bertz CT molecular complexity index is 1190. The first-order valence-corrected chi connectivity index (χ1v) is 11.9. The first-order valence-electron chi connectivity index (χ1n) is 11.9. The van der Waals surface area contributed by atoms with Crippen molar-refractivity contribution in [2.24, 2.45) is 11.8 Å². The van der Waals surface area contributed by atoms with E-state index in [1.807, 2.05) is 18.2 Å². The maximum atomic E-state index is 15.5. The molecule has 8 heteroatoms. The monoisotopic (exact) mass is 479 g/mol. The van der Waals surface area contributed by atoms with E-state index in [9.17, 15) is 9.90 Å². The smallest absolute Gasteiger partial charge is 0.303 e. The molecule has 184 valence electrons. The second-order valence-electron chi connectivity index (χ2n) is 8.97. The second kappa shape index (κ2) is 11.8. The number of carbonyl (C=O) groups is 1. The highest BCUT2D eigenvalue weighted by Crippen LogP contribution is 2.36. The second-order valence-corrected chi connectivity index (χ2v) is 8.97. The average molecular weight is 480 g/mol. The molecular weight excluding hydrogens is 449 g/mol. The summed E-state index contributed by atoms with van der Waals surface area (Å²) in [5.74, 6) is 6.92. The van der Waals surface area contributed by atoms with Crippen LogP contribution in [0.1, 0.15) is 49.6 Å². The Morgan fingerprint density at radius 3 is 3.00 bits per heavy atom. The van der Waals surface area contributed by atoms with Crippen LogP contribution < -0.4 is 4.74 Å². The number of oxazole rings is 1. The zero-order valence-electron chi connectivity index (χ0n) is 19.8. The number of carboxylic acid groups (broad SMARTS) is 1. The standard InChI is InChI=1S/C27H30FN3O4/c1-34-21-6-8-26-24(15-21)23(10-12-30-26)25(28)7-4-19-11-14-31(17-20(19)5-9-27(32)33)13-2-3-22-16-29-18-35-22/h6,8,10,12,15-16,18-20,25H,4-5,7,9,11,13-14,17H2,1H3,(H,32,33)/t19-,20+,25?/m1/s1. The minimum absolute atomic E-state index is 0.118. The van der Waals surface area contributed by atoms with Gasteiger partial charge in [0, 0.05) is 24.5 Å². The highest BCUT2D eigenvalue weighted by Gasteiger charge is 2.30. The molecule has 3 atom stereocenters. The Kier molecular flexibility index (Phi) is 8.32. The number of fused-ring (bicyclic) bond motifs is 1. The van der Waals surface area contributed by atoms with Gasteiger partial charge in [0.15, 0.2) is 12.2 Å². The molecular formula is C27H30FN3O4. The topological polar surface area (TPSA) is 88.7 Å². The van der Waals surface area contributed by atoms with Crippen LogP contribution in [-0.2, 0) is 4.79 Å². The van der Waals surface area contributed by atoms with E-state index < -0.39 is 12.1 Å². The van der Waals surface area contributed by atoms with Crippen molar-refractivity contribution in [1.29, 1.82) is 0 Å². The van der Waals surface area contributed by atoms with Crippen LogP contribution in [0.3, 0.4) is 0 Å². The number of alkyl halides is 1. The summed E-state index contributed by atoms with van der Waals surface area (Å²) in [5.41, 5.74) is 1.36. The number of carboxylic acids is 1. The summed E-state index contributed by atoms with van der Waals surface area (Å²) in [7, 11) is 1.59. The molecule has 0 spiro atoms. The number of halogens is 1. The molecule has 7 nitrogen and oxygen atoms in total. The summed E-state index contributed by atoms with van der Waals surface area (Å²) in [5, 5.41) is 9.99. The highest BCUT2D eigenvalue weighted by molar-refractivity contribution is 5.83. The number of benzene rings is 1. The van der Waals surface area contributed by atoms with E-state index in [1.165, 1.54) is 6.39 Å². The minimum Gasteiger partial charge on any atom is -0.497 e. The molecule has 35 heavy (non-hydrogen) atoms. The lowest BCUT2D eigenvalue weighted by molar-refractivity contribution is -0.137. The highest BCUT2D eigenvalue weighted by atomic mass is 19.1. The number of nitrogens with zero attached hydrogens (tertiary/aromatic N) is 3. The van der Waals surface area contributed by atoms with Crippen molar-refractivity contribution in [1.82, 2.24) is 14.9 Å². The molecule has 0 aliphatic carbocycles. The Balaban J connectivity index is 1.39. The molecule has 0 bridgehead atoms. The Hall–Kier alpha value is -3.44. The number of ether oxygens (including phenoxy) is 1. The van der Waals surface area contributed by atoms with E-state index >= 15 is 4.39 Å². The molecule has 4 rings (SSSR count). The lowest BCUT2D eigenvalue weighted by Crippen LogP contribution is -2.41. The van der Waals surface area contributed by atoms with Crippen LogP contribution in [-0.4, -0.2) is 52.7 Å². The fraction of sp³-hybridized carbons (Fsp3) is 0.444. The summed E-state index contributed by atoms with van der Waals surface area (Å²) < 4.78 is 25.9. The number of piperidine rings is 1. The number of methoxy groups -OCH3 is 1. The summed E-state index contributed by atoms with van der Waals surface area (Å²) in [6.45, 7) is 2.19. The first-order chi connectivity index (χ1) is 17.0. The van der Waals surface area contributed by atoms with E-state index in [-0.39, 0.29) is 18.3 Å². The van der Waals surface area contributed by atoms with Crippen molar-refractivity contribution in [2.45, 2.75) is 38.3 Å². The minimum atomic E-state index is -1.13. The normalized spacial score (nSPS) is 19.1. The van der Waals surface area contributed by atoms with E-state index in [2.05, 4.69) is 26.7 Å². The van der Waals surface area contributed by atoms with Crippen LogP contribution in [0.2, 0.25) is 0 Å². The molecule has 1 saturated heterocycles. The van der Waals surface area contributed by atoms with Gasteiger partial charge < -0.3 is 14.3 Å². The van der Waals surface area contributed by atoms with Gasteiger partial charge in [-0.2, -0.15) is 0 Å². The van der Waals surface area contributed by atoms with E-state index in [4.69, 9.17) is 9.15 Å². The molecule has 1 aliphatic rings.